The van der Waals surface area contributed by atoms with Gasteiger partial charge in [0.2, 0.25) is 0 Å². The van der Waals surface area contributed by atoms with E-state index in [0.717, 1.165) is 37.1 Å². The third-order valence-electron chi connectivity index (χ3n) is 3.18. The van der Waals surface area contributed by atoms with Gasteiger partial charge < -0.3 is 9.80 Å². The maximum Gasteiger partial charge on any atom is 0.185 e. The minimum Gasteiger partial charge on any atom is -0.352 e. The van der Waals surface area contributed by atoms with Crippen LogP contribution in [0.4, 0.5) is 10.9 Å². The van der Waals surface area contributed by atoms with Crippen LogP contribution in [0, 0.1) is 11.3 Å². The minimum absolute atomic E-state index is 0.644. The van der Waals surface area contributed by atoms with Crippen molar-refractivity contribution >= 4 is 22.3 Å². The molecule has 0 bridgehead atoms. The van der Waals surface area contributed by atoms with Gasteiger partial charge in [0.15, 0.2) is 5.13 Å². The van der Waals surface area contributed by atoms with Crippen LogP contribution in [0.3, 0.4) is 0 Å². The van der Waals surface area contributed by atoms with E-state index in [9.17, 15) is 0 Å². The van der Waals surface area contributed by atoms with Gasteiger partial charge in [-0.3, -0.25) is 0 Å². The molecule has 1 saturated heterocycles. The molecule has 0 saturated carbocycles. The normalized spacial score (nSPS) is 15.3. The molecule has 6 heteroatoms. The Hall–Kier alpha value is -2.13. The van der Waals surface area contributed by atoms with Gasteiger partial charge in [0.25, 0.3) is 0 Å². The van der Waals surface area contributed by atoms with Gasteiger partial charge in [-0.1, -0.05) is 0 Å². The number of rotatable bonds is 2. The van der Waals surface area contributed by atoms with E-state index < -0.39 is 0 Å². The maximum atomic E-state index is 9.12. The first kappa shape index (κ1) is 11.9. The standard InChI is InChI=1S/C13H13N5S/c14-10-11-2-1-3-15-12(11)17-5-7-18(8-6-17)13-16-4-9-19-13/h1-4,9H,5-8H2. The van der Waals surface area contributed by atoms with Gasteiger partial charge in [-0.25, -0.2) is 9.97 Å². The highest BCUT2D eigenvalue weighted by atomic mass is 32.1. The fraction of sp³-hybridized carbons (Fsp3) is 0.308. The lowest BCUT2D eigenvalue weighted by atomic mass is 10.2. The predicted octanol–water partition coefficient (Wildman–Crippen LogP) is 1.74. The van der Waals surface area contributed by atoms with Crippen molar-refractivity contribution in [2.45, 2.75) is 0 Å². The number of thiazole rings is 1. The largest absolute Gasteiger partial charge is 0.352 e. The van der Waals surface area contributed by atoms with Crippen LogP contribution in [0.5, 0.6) is 0 Å². The summed E-state index contributed by atoms with van der Waals surface area (Å²) in [5.41, 5.74) is 0.644. The van der Waals surface area contributed by atoms with E-state index in [2.05, 4.69) is 25.8 Å². The number of pyridine rings is 1. The molecule has 0 spiro atoms. The number of anilines is 2. The molecule has 0 aromatic carbocycles. The lowest BCUT2D eigenvalue weighted by Gasteiger charge is -2.35. The molecule has 2 aromatic heterocycles. The zero-order valence-electron chi connectivity index (χ0n) is 10.4. The fourth-order valence-corrected chi connectivity index (χ4v) is 2.91. The highest BCUT2D eigenvalue weighted by Gasteiger charge is 2.21. The monoisotopic (exact) mass is 271 g/mol. The maximum absolute atomic E-state index is 9.12. The Morgan fingerprint density at radius 3 is 2.58 bits per heavy atom. The van der Waals surface area contributed by atoms with Crippen molar-refractivity contribution < 1.29 is 0 Å². The Morgan fingerprint density at radius 1 is 1.11 bits per heavy atom. The van der Waals surface area contributed by atoms with Gasteiger partial charge in [-0.15, -0.1) is 11.3 Å². The Morgan fingerprint density at radius 2 is 1.89 bits per heavy atom. The van der Waals surface area contributed by atoms with Gasteiger partial charge in [0, 0.05) is 44.0 Å². The van der Waals surface area contributed by atoms with Crippen LogP contribution in [-0.4, -0.2) is 36.1 Å². The third kappa shape index (κ3) is 2.37. The lowest BCUT2D eigenvalue weighted by molar-refractivity contribution is 0.645. The molecule has 3 heterocycles. The van der Waals surface area contributed by atoms with E-state index in [0.29, 0.717) is 5.56 Å². The smallest absolute Gasteiger partial charge is 0.185 e. The molecule has 0 unspecified atom stereocenters. The zero-order chi connectivity index (χ0) is 13.1. The second-order valence-corrected chi connectivity index (χ2v) is 5.15. The first-order valence-corrected chi connectivity index (χ1v) is 7.01. The summed E-state index contributed by atoms with van der Waals surface area (Å²) in [6, 6.07) is 5.82. The lowest BCUT2D eigenvalue weighted by Crippen LogP contribution is -2.47. The molecular formula is C13H13N5S. The summed E-state index contributed by atoms with van der Waals surface area (Å²) in [6.07, 6.45) is 3.57. The van der Waals surface area contributed by atoms with Crippen LogP contribution in [0.15, 0.2) is 29.9 Å². The Bertz CT molecular complexity index is 581. The third-order valence-corrected chi connectivity index (χ3v) is 4.01. The molecule has 1 fully saturated rings. The zero-order valence-corrected chi connectivity index (χ0v) is 11.2. The van der Waals surface area contributed by atoms with Crippen LogP contribution in [0.1, 0.15) is 5.56 Å². The van der Waals surface area contributed by atoms with E-state index in [1.54, 1.807) is 23.6 Å². The average molecular weight is 271 g/mol. The molecule has 0 atom stereocenters. The highest BCUT2D eigenvalue weighted by Crippen LogP contribution is 2.22. The second kappa shape index (κ2) is 5.24. The van der Waals surface area contributed by atoms with Gasteiger partial charge in [0.1, 0.15) is 11.9 Å². The quantitative estimate of drug-likeness (QED) is 0.832. The van der Waals surface area contributed by atoms with E-state index in [-0.39, 0.29) is 0 Å². The van der Waals surface area contributed by atoms with E-state index in [4.69, 9.17) is 5.26 Å². The molecule has 96 valence electrons. The number of hydrogen-bond donors (Lipinski definition) is 0. The van der Waals surface area contributed by atoms with Gasteiger partial charge in [-0.05, 0) is 12.1 Å². The molecule has 1 aliphatic rings. The number of hydrogen-bond acceptors (Lipinski definition) is 6. The van der Waals surface area contributed by atoms with Crippen LogP contribution < -0.4 is 9.80 Å². The van der Waals surface area contributed by atoms with Crippen LogP contribution in [-0.2, 0) is 0 Å². The summed E-state index contributed by atoms with van der Waals surface area (Å²) in [5, 5.41) is 12.2. The van der Waals surface area contributed by atoms with Gasteiger partial charge in [-0.2, -0.15) is 5.26 Å². The molecule has 1 aliphatic heterocycles. The van der Waals surface area contributed by atoms with Crippen molar-refractivity contribution in [3.63, 3.8) is 0 Å². The average Bonchev–Trinajstić information content (AvgIpc) is 3.02. The van der Waals surface area contributed by atoms with Crippen molar-refractivity contribution in [2.24, 2.45) is 0 Å². The molecule has 2 aromatic rings. The summed E-state index contributed by atoms with van der Waals surface area (Å²) >= 11 is 1.66. The molecule has 0 radical (unpaired) electrons. The molecule has 0 N–H and O–H groups in total. The molecule has 5 nitrogen and oxygen atoms in total. The van der Waals surface area contributed by atoms with E-state index >= 15 is 0 Å². The number of nitriles is 1. The fourth-order valence-electron chi connectivity index (χ4n) is 2.22. The van der Waals surface area contributed by atoms with E-state index in [1.165, 1.54) is 0 Å². The SMILES string of the molecule is N#Cc1cccnc1N1CCN(c2nccs2)CC1. The van der Waals surface area contributed by atoms with Crippen molar-refractivity contribution in [3.05, 3.63) is 35.5 Å². The van der Waals surface area contributed by atoms with Crippen LogP contribution >= 0.6 is 11.3 Å². The first-order chi connectivity index (χ1) is 9.38. The highest BCUT2D eigenvalue weighted by molar-refractivity contribution is 7.13. The summed E-state index contributed by atoms with van der Waals surface area (Å²) in [5.74, 6) is 0.795. The topological polar surface area (TPSA) is 56.1 Å². The summed E-state index contributed by atoms with van der Waals surface area (Å²) in [6.45, 7) is 3.56. The minimum atomic E-state index is 0.644. The number of nitrogens with zero attached hydrogens (tertiary/aromatic N) is 5. The first-order valence-electron chi connectivity index (χ1n) is 6.13. The van der Waals surface area contributed by atoms with Crippen molar-refractivity contribution in [1.82, 2.24) is 9.97 Å². The second-order valence-electron chi connectivity index (χ2n) is 4.28. The summed E-state index contributed by atoms with van der Waals surface area (Å²) in [4.78, 5) is 13.1. The molecular weight excluding hydrogens is 258 g/mol. The van der Waals surface area contributed by atoms with Gasteiger partial charge >= 0.3 is 0 Å². The summed E-state index contributed by atoms with van der Waals surface area (Å²) < 4.78 is 0. The van der Waals surface area contributed by atoms with Crippen LogP contribution in [0.25, 0.3) is 0 Å². The number of piperazine rings is 1. The predicted molar refractivity (Wildman–Crippen MR) is 75.5 cm³/mol. The Balaban J connectivity index is 1.72. The Kier molecular flexibility index (Phi) is 3.29. The molecule has 3 rings (SSSR count). The molecule has 0 amide bonds. The van der Waals surface area contributed by atoms with Crippen molar-refractivity contribution in [2.75, 3.05) is 36.0 Å². The van der Waals surface area contributed by atoms with Crippen LogP contribution in [0.2, 0.25) is 0 Å². The molecule has 0 aliphatic carbocycles. The molecule has 19 heavy (non-hydrogen) atoms. The van der Waals surface area contributed by atoms with Crippen molar-refractivity contribution in [3.8, 4) is 6.07 Å². The Labute approximate surface area is 115 Å². The number of aromatic nitrogens is 2. The van der Waals surface area contributed by atoms with Crippen molar-refractivity contribution in [1.29, 1.82) is 5.26 Å². The van der Waals surface area contributed by atoms with Gasteiger partial charge in [0.05, 0.1) is 5.56 Å². The van der Waals surface area contributed by atoms with E-state index in [1.807, 2.05) is 17.6 Å². The summed E-state index contributed by atoms with van der Waals surface area (Å²) in [7, 11) is 0.